The lowest BCUT2D eigenvalue weighted by molar-refractivity contribution is -0.138. The SMILES string of the molecule is CC(C)(C)OC(=O)N1CCN(c2cccc(OC3CCC(=O)NC3=O)c2)CC1. The summed E-state index contributed by atoms with van der Waals surface area (Å²) in [6, 6.07) is 7.52. The second-order valence-electron chi connectivity index (χ2n) is 8.01. The van der Waals surface area contributed by atoms with E-state index in [0.717, 1.165) is 5.69 Å². The van der Waals surface area contributed by atoms with Crippen LogP contribution < -0.4 is 15.0 Å². The molecule has 1 atom stereocenters. The molecule has 2 aliphatic rings. The monoisotopic (exact) mass is 389 g/mol. The van der Waals surface area contributed by atoms with Crippen molar-refractivity contribution >= 4 is 23.6 Å². The van der Waals surface area contributed by atoms with Gasteiger partial charge in [0.15, 0.2) is 6.10 Å². The molecule has 1 aromatic carbocycles. The topological polar surface area (TPSA) is 88.2 Å². The van der Waals surface area contributed by atoms with E-state index in [4.69, 9.17) is 9.47 Å². The van der Waals surface area contributed by atoms with Crippen molar-refractivity contribution in [2.45, 2.75) is 45.3 Å². The number of carbonyl (C=O) groups excluding carboxylic acids is 3. The van der Waals surface area contributed by atoms with Crippen LogP contribution in [0.25, 0.3) is 0 Å². The number of hydrogen-bond donors (Lipinski definition) is 1. The minimum atomic E-state index is -0.656. The van der Waals surface area contributed by atoms with Crippen LogP contribution in [0.3, 0.4) is 0 Å². The lowest BCUT2D eigenvalue weighted by Gasteiger charge is -2.36. The van der Waals surface area contributed by atoms with Gasteiger partial charge in [-0.25, -0.2) is 4.79 Å². The highest BCUT2D eigenvalue weighted by molar-refractivity contribution is 5.99. The number of nitrogens with zero attached hydrogens (tertiary/aromatic N) is 2. The highest BCUT2D eigenvalue weighted by Gasteiger charge is 2.29. The van der Waals surface area contributed by atoms with Gasteiger partial charge in [-0.2, -0.15) is 0 Å². The number of piperidine rings is 1. The molecular formula is C20H27N3O5. The Balaban J connectivity index is 1.57. The van der Waals surface area contributed by atoms with Gasteiger partial charge in [-0.05, 0) is 32.9 Å². The lowest BCUT2D eigenvalue weighted by Crippen LogP contribution is -2.50. The van der Waals surface area contributed by atoms with Gasteiger partial charge < -0.3 is 19.3 Å². The normalized spacial score (nSPS) is 20.6. The van der Waals surface area contributed by atoms with Crippen molar-refractivity contribution in [3.05, 3.63) is 24.3 Å². The summed E-state index contributed by atoms with van der Waals surface area (Å²) >= 11 is 0. The minimum absolute atomic E-state index is 0.263. The van der Waals surface area contributed by atoms with Crippen molar-refractivity contribution in [3.8, 4) is 5.75 Å². The molecule has 0 radical (unpaired) electrons. The molecule has 8 heteroatoms. The number of rotatable bonds is 3. The summed E-state index contributed by atoms with van der Waals surface area (Å²) in [5.41, 5.74) is 0.462. The van der Waals surface area contributed by atoms with Crippen LogP contribution >= 0.6 is 0 Å². The molecule has 152 valence electrons. The smallest absolute Gasteiger partial charge is 0.410 e. The van der Waals surface area contributed by atoms with Crippen LogP contribution in [0.5, 0.6) is 5.75 Å². The predicted molar refractivity (Wildman–Crippen MR) is 103 cm³/mol. The molecule has 2 heterocycles. The summed E-state index contributed by atoms with van der Waals surface area (Å²) in [6.45, 7) is 8.09. The Hall–Kier alpha value is -2.77. The number of carbonyl (C=O) groups is 3. The van der Waals surface area contributed by atoms with E-state index in [0.29, 0.717) is 38.3 Å². The Morgan fingerprint density at radius 2 is 1.86 bits per heavy atom. The third kappa shape index (κ3) is 5.15. The van der Waals surface area contributed by atoms with E-state index in [1.807, 2.05) is 39.0 Å². The minimum Gasteiger partial charge on any atom is -0.481 e. The highest BCUT2D eigenvalue weighted by Crippen LogP contribution is 2.25. The van der Waals surface area contributed by atoms with Crippen LogP contribution in [0, 0.1) is 0 Å². The van der Waals surface area contributed by atoms with E-state index in [1.165, 1.54) is 0 Å². The van der Waals surface area contributed by atoms with Crippen LogP contribution in [-0.2, 0) is 14.3 Å². The van der Waals surface area contributed by atoms with Gasteiger partial charge in [-0.1, -0.05) is 6.07 Å². The number of amides is 3. The van der Waals surface area contributed by atoms with Crippen molar-refractivity contribution in [3.63, 3.8) is 0 Å². The number of benzene rings is 1. The van der Waals surface area contributed by atoms with Crippen molar-refractivity contribution in [2.75, 3.05) is 31.1 Å². The van der Waals surface area contributed by atoms with Gasteiger partial charge in [0, 0.05) is 50.8 Å². The van der Waals surface area contributed by atoms with Gasteiger partial charge in [0.25, 0.3) is 5.91 Å². The fourth-order valence-corrected chi connectivity index (χ4v) is 3.18. The van der Waals surface area contributed by atoms with E-state index in [9.17, 15) is 14.4 Å². The zero-order valence-corrected chi connectivity index (χ0v) is 16.6. The van der Waals surface area contributed by atoms with Gasteiger partial charge in [0.2, 0.25) is 5.91 Å². The number of ether oxygens (including phenoxy) is 2. The van der Waals surface area contributed by atoms with Crippen LogP contribution in [0.2, 0.25) is 0 Å². The molecule has 1 unspecified atom stereocenters. The molecule has 8 nitrogen and oxygen atoms in total. The lowest BCUT2D eigenvalue weighted by atomic mass is 10.1. The maximum atomic E-state index is 12.2. The van der Waals surface area contributed by atoms with E-state index in [2.05, 4.69) is 10.2 Å². The molecule has 1 N–H and O–H groups in total. The molecule has 0 bridgehead atoms. The maximum absolute atomic E-state index is 12.2. The van der Waals surface area contributed by atoms with Crippen molar-refractivity contribution < 1.29 is 23.9 Å². The van der Waals surface area contributed by atoms with Crippen molar-refractivity contribution in [1.82, 2.24) is 10.2 Å². The molecule has 2 fully saturated rings. The standard InChI is InChI=1S/C20H27N3O5/c1-20(2,3)28-19(26)23-11-9-22(10-12-23)14-5-4-6-15(13-14)27-16-7-8-17(24)21-18(16)25/h4-6,13,16H,7-12H2,1-3H3,(H,21,24,25). The van der Waals surface area contributed by atoms with E-state index < -0.39 is 17.6 Å². The summed E-state index contributed by atoms with van der Waals surface area (Å²) in [4.78, 5) is 39.2. The summed E-state index contributed by atoms with van der Waals surface area (Å²) in [6.07, 6.45) is -0.286. The van der Waals surface area contributed by atoms with E-state index >= 15 is 0 Å². The van der Waals surface area contributed by atoms with Crippen molar-refractivity contribution in [1.29, 1.82) is 0 Å². The first-order valence-corrected chi connectivity index (χ1v) is 9.54. The molecule has 0 aromatic heterocycles. The Kier molecular flexibility index (Phi) is 5.76. The van der Waals surface area contributed by atoms with Gasteiger partial charge in [0.1, 0.15) is 11.4 Å². The van der Waals surface area contributed by atoms with Gasteiger partial charge >= 0.3 is 6.09 Å². The van der Waals surface area contributed by atoms with E-state index in [-0.39, 0.29) is 18.4 Å². The second-order valence-corrected chi connectivity index (χ2v) is 8.01. The molecule has 1 aromatic rings. The molecule has 0 aliphatic carbocycles. The predicted octanol–water partition coefficient (Wildman–Crippen LogP) is 1.93. The maximum Gasteiger partial charge on any atom is 0.410 e. The van der Waals surface area contributed by atoms with Gasteiger partial charge in [-0.15, -0.1) is 0 Å². The molecule has 0 saturated carbocycles. The number of nitrogens with one attached hydrogen (secondary N) is 1. The van der Waals surface area contributed by atoms with Crippen LogP contribution in [0.4, 0.5) is 10.5 Å². The first-order chi connectivity index (χ1) is 13.2. The first-order valence-electron chi connectivity index (χ1n) is 9.54. The molecule has 28 heavy (non-hydrogen) atoms. The third-order valence-electron chi connectivity index (χ3n) is 4.58. The number of hydrogen-bond acceptors (Lipinski definition) is 6. The molecule has 2 saturated heterocycles. The first kappa shape index (κ1) is 20.0. The Morgan fingerprint density at radius 1 is 1.14 bits per heavy atom. The van der Waals surface area contributed by atoms with Crippen molar-refractivity contribution in [2.24, 2.45) is 0 Å². The second kappa shape index (κ2) is 8.08. The zero-order chi connectivity index (χ0) is 20.3. The third-order valence-corrected chi connectivity index (χ3v) is 4.58. The molecular weight excluding hydrogens is 362 g/mol. The van der Waals surface area contributed by atoms with Crippen LogP contribution in [0.15, 0.2) is 24.3 Å². The van der Waals surface area contributed by atoms with Gasteiger partial charge in [-0.3, -0.25) is 14.9 Å². The van der Waals surface area contributed by atoms with Crippen LogP contribution in [0.1, 0.15) is 33.6 Å². The van der Waals surface area contributed by atoms with E-state index in [1.54, 1.807) is 11.0 Å². The molecule has 3 amide bonds. The largest absolute Gasteiger partial charge is 0.481 e. The Morgan fingerprint density at radius 3 is 2.50 bits per heavy atom. The summed E-state index contributed by atoms with van der Waals surface area (Å²) in [5, 5.41) is 2.30. The average molecular weight is 389 g/mol. The molecule has 3 rings (SSSR count). The average Bonchev–Trinajstić information content (AvgIpc) is 2.63. The summed E-state index contributed by atoms with van der Waals surface area (Å²) in [7, 11) is 0. The Labute approximate surface area is 164 Å². The van der Waals surface area contributed by atoms with Crippen LogP contribution in [-0.4, -0.2) is 60.7 Å². The number of anilines is 1. The molecule has 2 aliphatic heterocycles. The fourth-order valence-electron chi connectivity index (χ4n) is 3.18. The zero-order valence-electron chi connectivity index (χ0n) is 16.6. The summed E-state index contributed by atoms with van der Waals surface area (Å²) < 4.78 is 11.2. The summed E-state index contributed by atoms with van der Waals surface area (Å²) in [5.74, 6) is -0.0735. The number of piperazine rings is 1. The highest BCUT2D eigenvalue weighted by atomic mass is 16.6. The quantitative estimate of drug-likeness (QED) is 0.795. The fraction of sp³-hybridized carbons (Fsp3) is 0.550. The molecule has 0 spiro atoms. The van der Waals surface area contributed by atoms with Gasteiger partial charge in [0.05, 0.1) is 0 Å². The Bertz CT molecular complexity index is 750. The number of imide groups is 1.